The lowest BCUT2D eigenvalue weighted by molar-refractivity contribution is -0.894. The molecule has 0 atom stereocenters. The van der Waals surface area contributed by atoms with Gasteiger partial charge in [0, 0.05) is 0 Å². The highest BCUT2D eigenvalue weighted by atomic mass is 32.2. The van der Waals surface area contributed by atoms with Gasteiger partial charge in [0.2, 0.25) is 0 Å². The molecule has 4 rings (SSSR count). The van der Waals surface area contributed by atoms with Gasteiger partial charge in [-0.05, 0) is 82.5 Å². The van der Waals surface area contributed by atoms with Crippen molar-refractivity contribution in [2.75, 3.05) is 32.8 Å². The van der Waals surface area contributed by atoms with E-state index < -0.39 is 40.5 Å². The van der Waals surface area contributed by atoms with Gasteiger partial charge in [-0.25, -0.2) is 13.2 Å². The lowest BCUT2D eigenvalue weighted by atomic mass is 9.49. The van der Waals surface area contributed by atoms with Crippen LogP contribution in [0.15, 0.2) is 0 Å². The van der Waals surface area contributed by atoms with Crippen molar-refractivity contribution in [1.82, 2.24) is 0 Å². The average molecular weight is 498 g/mol. The van der Waals surface area contributed by atoms with Gasteiger partial charge in [0.25, 0.3) is 0 Å². The maximum Gasteiger partial charge on any atom is 0.428 e. The molecule has 192 valence electrons. The molecule has 0 amide bonds. The third kappa shape index (κ3) is 7.32. The fraction of sp³-hybridized carbons (Fsp3) is 0.909. The zero-order chi connectivity index (χ0) is 24.9. The van der Waals surface area contributed by atoms with Crippen molar-refractivity contribution in [1.29, 1.82) is 0 Å². The van der Waals surface area contributed by atoms with Gasteiger partial charge in [-0.3, -0.25) is 4.79 Å². The second-order valence-corrected chi connectivity index (χ2v) is 11.2. The number of nitrogens with one attached hydrogen (secondary N) is 1. The van der Waals surface area contributed by atoms with Crippen LogP contribution in [0.2, 0.25) is 0 Å². The van der Waals surface area contributed by atoms with Crippen LogP contribution in [-0.2, 0) is 29.2 Å². The Morgan fingerprint density at radius 2 is 1.36 bits per heavy atom. The molecule has 0 saturated heterocycles. The van der Waals surface area contributed by atoms with E-state index in [2.05, 4.69) is 25.5 Å². The van der Waals surface area contributed by atoms with Gasteiger partial charge in [0.05, 0.1) is 26.1 Å². The number of quaternary nitrogens is 1. The molecule has 0 aromatic heterocycles. The van der Waals surface area contributed by atoms with E-state index in [0.717, 1.165) is 19.3 Å². The Kier molecular flexibility index (Phi) is 9.64. The number of rotatable bonds is 10. The van der Waals surface area contributed by atoms with Crippen molar-refractivity contribution < 1.29 is 45.7 Å². The molecule has 8 nitrogen and oxygen atoms in total. The summed E-state index contributed by atoms with van der Waals surface area (Å²) in [6.07, 6.45) is 7.00. The van der Waals surface area contributed by atoms with Gasteiger partial charge in [0.1, 0.15) is 13.2 Å². The van der Waals surface area contributed by atoms with E-state index in [1.54, 1.807) is 4.90 Å². The Morgan fingerprint density at radius 3 is 1.73 bits per heavy atom. The number of ether oxygens (including phenoxy) is 2. The molecule has 0 aromatic carbocycles. The minimum absolute atomic E-state index is 0.0355. The van der Waals surface area contributed by atoms with Crippen LogP contribution in [0.3, 0.4) is 0 Å². The second-order valence-electron chi connectivity index (χ2n) is 9.73. The zero-order valence-corrected chi connectivity index (χ0v) is 20.6. The first-order valence-electron chi connectivity index (χ1n) is 11.8. The van der Waals surface area contributed by atoms with E-state index in [9.17, 15) is 31.3 Å². The first-order valence-corrected chi connectivity index (χ1v) is 13.3. The van der Waals surface area contributed by atoms with E-state index in [4.69, 9.17) is 4.74 Å². The van der Waals surface area contributed by atoms with Crippen molar-refractivity contribution >= 4 is 22.1 Å². The first-order chi connectivity index (χ1) is 15.4. The summed E-state index contributed by atoms with van der Waals surface area (Å²) in [5.74, 6) is -0.931. The number of carbonyl (C=O) groups is 2. The topological polar surface area (TPSA) is 114 Å². The Balaban J connectivity index is 0.000000479. The standard InChI is InChI=1S/C16H22F2O7S.C6H15N/c17-16(18,26(21,22)23)14(20)25-2-1-24-13(19)9-15-6-10-3-11(7-15)5-12(4-10)8-15;1-4-7(5-2)6-3/h10-12H,1-9H2,(H,21,22,23);4-6H2,1-3H3. The number of hydrogen-bond donors (Lipinski definition) is 1. The molecule has 4 aliphatic carbocycles. The molecule has 0 heterocycles. The highest BCUT2D eigenvalue weighted by molar-refractivity contribution is 7.87. The number of carbonyl (C=O) groups excluding carboxylic acids is 2. The summed E-state index contributed by atoms with van der Waals surface area (Å²) in [5.41, 5.74) is -0.0355. The normalized spacial score (nSPS) is 28.3. The van der Waals surface area contributed by atoms with Crippen LogP contribution < -0.4 is 4.90 Å². The van der Waals surface area contributed by atoms with Crippen LogP contribution in [0.4, 0.5) is 8.78 Å². The molecule has 11 heteroatoms. The molecule has 4 saturated carbocycles. The average Bonchev–Trinajstić information content (AvgIpc) is 2.70. The number of halogens is 2. The van der Waals surface area contributed by atoms with Crippen molar-refractivity contribution in [3.63, 3.8) is 0 Å². The van der Waals surface area contributed by atoms with Gasteiger partial charge in [0.15, 0.2) is 10.1 Å². The van der Waals surface area contributed by atoms with Gasteiger partial charge >= 0.3 is 17.2 Å². The van der Waals surface area contributed by atoms with Gasteiger partial charge in [-0.1, -0.05) is 0 Å². The van der Waals surface area contributed by atoms with Crippen LogP contribution in [0, 0.1) is 23.2 Å². The monoisotopic (exact) mass is 497 g/mol. The maximum atomic E-state index is 12.9. The Morgan fingerprint density at radius 1 is 0.939 bits per heavy atom. The van der Waals surface area contributed by atoms with Crippen LogP contribution >= 0.6 is 0 Å². The second kappa shape index (κ2) is 11.4. The van der Waals surface area contributed by atoms with Crippen LogP contribution in [-0.4, -0.2) is 63.0 Å². The molecule has 4 bridgehead atoms. The third-order valence-corrected chi connectivity index (χ3v) is 8.11. The summed E-state index contributed by atoms with van der Waals surface area (Å²) in [7, 11) is -6.15. The maximum absolute atomic E-state index is 12.9. The van der Waals surface area contributed by atoms with Crippen molar-refractivity contribution in [3.8, 4) is 0 Å². The van der Waals surface area contributed by atoms with E-state index in [0.29, 0.717) is 17.8 Å². The molecule has 0 spiro atoms. The third-order valence-electron chi connectivity index (χ3n) is 7.32. The molecule has 33 heavy (non-hydrogen) atoms. The minimum atomic E-state index is -6.15. The van der Waals surface area contributed by atoms with Gasteiger partial charge in [-0.2, -0.15) is 8.78 Å². The summed E-state index contributed by atoms with van der Waals surface area (Å²) in [6.45, 7) is 9.28. The Bertz CT molecular complexity index is 743. The van der Waals surface area contributed by atoms with Crippen molar-refractivity contribution in [2.24, 2.45) is 23.2 Å². The van der Waals surface area contributed by atoms with Crippen molar-refractivity contribution in [2.45, 2.75) is 71.0 Å². The number of alkyl halides is 2. The van der Waals surface area contributed by atoms with E-state index >= 15 is 0 Å². The quantitative estimate of drug-likeness (QED) is 0.278. The smallest absolute Gasteiger partial charge is 0.428 e. The van der Waals surface area contributed by atoms with Gasteiger partial charge < -0.3 is 18.9 Å². The largest absolute Gasteiger partial charge is 0.743 e. The lowest BCUT2D eigenvalue weighted by Crippen LogP contribution is -3.11. The van der Waals surface area contributed by atoms with Gasteiger partial charge in [-0.15, -0.1) is 0 Å². The first kappa shape index (κ1) is 27.9. The lowest BCUT2D eigenvalue weighted by Gasteiger charge is -2.56. The highest BCUT2D eigenvalue weighted by Gasteiger charge is 2.52. The number of hydrogen-bond acceptors (Lipinski definition) is 7. The zero-order valence-electron chi connectivity index (χ0n) is 19.7. The van der Waals surface area contributed by atoms with Crippen LogP contribution in [0.1, 0.15) is 65.7 Å². The molecular formula is C22H37F2NO7S. The fourth-order valence-corrected chi connectivity index (χ4v) is 6.35. The minimum Gasteiger partial charge on any atom is -0.743 e. The summed E-state index contributed by atoms with van der Waals surface area (Å²) in [5, 5.41) is -5.16. The van der Waals surface area contributed by atoms with E-state index in [-0.39, 0.29) is 11.8 Å². The fourth-order valence-electron chi connectivity index (χ4n) is 6.09. The summed E-state index contributed by atoms with van der Waals surface area (Å²) < 4.78 is 65.7. The molecule has 4 aliphatic rings. The van der Waals surface area contributed by atoms with Crippen molar-refractivity contribution in [3.05, 3.63) is 0 Å². The summed E-state index contributed by atoms with van der Waals surface area (Å²) in [6, 6.07) is 0. The summed E-state index contributed by atoms with van der Waals surface area (Å²) in [4.78, 5) is 24.7. The highest BCUT2D eigenvalue weighted by Crippen LogP contribution is 2.61. The SMILES string of the molecule is CC[NH+](CC)CC.O=C(CC12CC3CC(CC(C3)C1)C2)OCCOC(=O)C(F)(F)S(=O)(=O)[O-]. The molecule has 0 unspecified atom stereocenters. The summed E-state index contributed by atoms with van der Waals surface area (Å²) >= 11 is 0. The predicted molar refractivity (Wildman–Crippen MR) is 114 cm³/mol. The number of esters is 2. The van der Waals surface area contributed by atoms with E-state index in [1.165, 1.54) is 38.9 Å². The Hall–Kier alpha value is -1.33. The molecule has 4 fully saturated rings. The molecular weight excluding hydrogens is 460 g/mol. The molecule has 0 aromatic rings. The van der Waals surface area contributed by atoms with Crippen LogP contribution in [0.25, 0.3) is 0 Å². The predicted octanol–water partition coefficient (Wildman–Crippen LogP) is 1.75. The van der Waals surface area contributed by atoms with Crippen LogP contribution in [0.5, 0.6) is 0 Å². The molecule has 0 radical (unpaired) electrons. The molecule has 1 N–H and O–H groups in total. The Labute approximate surface area is 195 Å². The van der Waals surface area contributed by atoms with E-state index in [1.807, 2.05) is 0 Å². The molecule has 0 aliphatic heterocycles.